The second-order valence-electron chi connectivity index (χ2n) is 4.60. The third kappa shape index (κ3) is 4.16. The van der Waals surface area contributed by atoms with Crippen LogP contribution >= 0.6 is 11.6 Å². The number of nitrogens with zero attached hydrogens (tertiary/aromatic N) is 2. The Kier molecular flexibility index (Phi) is 5.11. The average Bonchev–Trinajstić information content (AvgIpc) is 2.46. The van der Waals surface area contributed by atoms with E-state index in [1.165, 1.54) is 6.20 Å². The van der Waals surface area contributed by atoms with Crippen molar-refractivity contribution in [2.24, 2.45) is 0 Å². The Morgan fingerprint density at radius 2 is 2.19 bits per heavy atom. The van der Waals surface area contributed by atoms with Gasteiger partial charge in [0.1, 0.15) is 11.6 Å². The lowest BCUT2D eigenvalue weighted by molar-refractivity contribution is 0.102. The van der Waals surface area contributed by atoms with Gasteiger partial charge in [-0.15, -0.1) is 0 Å². The average molecular weight is 305 g/mol. The maximum Gasteiger partial charge on any atom is 0.258 e. The molecule has 1 amide bonds. The lowest BCUT2D eigenvalue weighted by atomic mass is 10.2. The summed E-state index contributed by atoms with van der Waals surface area (Å²) in [5.41, 5.74) is 1.23. The number of hydrogen-bond donors (Lipinski definition) is 2. The van der Waals surface area contributed by atoms with E-state index in [1.807, 2.05) is 19.1 Å². The number of aromatic nitrogens is 2. The highest BCUT2D eigenvalue weighted by Crippen LogP contribution is 2.20. The van der Waals surface area contributed by atoms with Crippen molar-refractivity contribution >= 4 is 29.1 Å². The molecule has 0 aliphatic heterocycles. The first kappa shape index (κ1) is 15.3. The van der Waals surface area contributed by atoms with Crippen molar-refractivity contribution in [3.8, 4) is 0 Å². The van der Waals surface area contributed by atoms with Crippen LogP contribution in [0, 0.1) is 6.92 Å². The number of halogens is 1. The molecule has 0 aromatic carbocycles. The monoisotopic (exact) mass is 304 g/mol. The van der Waals surface area contributed by atoms with Gasteiger partial charge >= 0.3 is 0 Å². The van der Waals surface area contributed by atoms with Crippen molar-refractivity contribution in [3.05, 3.63) is 46.7 Å². The third-order valence-corrected chi connectivity index (χ3v) is 3.06. The molecule has 0 aliphatic carbocycles. The fraction of sp³-hybridized carbons (Fsp3) is 0.267. The first-order chi connectivity index (χ1) is 10.1. The number of anilines is 2. The van der Waals surface area contributed by atoms with Crippen molar-refractivity contribution in [3.63, 3.8) is 0 Å². The molecule has 2 rings (SSSR count). The zero-order valence-corrected chi connectivity index (χ0v) is 12.7. The number of aryl methyl sites for hydroxylation is 1. The van der Waals surface area contributed by atoms with Crippen LogP contribution in [0.15, 0.2) is 30.5 Å². The summed E-state index contributed by atoms with van der Waals surface area (Å²) >= 11 is 6.12. The maximum absolute atomic E-state index is 12.1. The predicted octanol–water partition coefficient (Wildman–Crippen LogP) is 3.51. The van der Waals surface area contributed by atoms with E-state index in [1.54, 1.807) is 12.1 Å². The minimum Gasteiger partial charge on any atom is -0.369 e. The molecule has 110 valence electrons. The summed E-state index contributed by atoms with van der Waals surface area (Å²) in [6, 6.07) is 7.03. The van der Waals surface area contributed by atoms with Gasteiger partial charge in [0.25, 0.3) is 5.91 Å². The first-order valence-electron chi connectivity index (χ1n) is 6.74. The Bertz CT molecular complexity index is 645. The molecule has 21 heavy (non-hydrogen) atoms. The van der Waals surface area contributed by atoms with Gasteiger partial charge in [-0.2, -0.15) is 0 Å². The molecule has 0 radical (unpaired) electrons. The van der Waals surface area contributed by atoms with Gasteiger partial charge in [0.15, 0.2) is 0 Å². The van der Waals surface area contributed by atoms with E-state index in [4.69, 9.17) is 11.6 Å². The zero-order chi connectivity index (χ0) is 15.2. The fourth-order valence-electron chi connectivity index (χ4n) is 1.74. The van der Waals surface area contributed by atoms with Crippen LogP contribution in [0.25, 0.3) is 0 Å². The molecule has 0 saturated carbocycles. The molecule has 0 spiro atoms. The van der Waals surface area contributed by atoms with E-state index in [9.17, 15) is 4.79 Å². The molecule has 2 N–H and O–H groups in total. The standard InChI is InChI=1S/C15H17ClN4O/c1-3-7-17-14-12(16)8-11(9-18-14)15(21)20-13-6-4-5-10(2)19-13/h4-6,8-9H,3,7H2,1-2H3,(H,17,18)(H,19,20,21). The predicted molar refractivity (Wildman–Crippen MR) is 85.0 cm³/mol. The minimum atomic E-state index is -0.287. The van der Waals surface area contributed by atoms with Gasteiger partial charge in [0, 0.05) is 18.4 Å². The molecular formula is C15H17ClN4O. The maximum atomic E-state index is 12.1. The third-order valence-electron chi connectivity index (χ3n) is 2.78. The smallest absolute Gasteiger partial charge is 0.258 e. The minimum absolute atomic E-state index is 0.287. The summed E-state index contributed by atoms with van der Waals surface area (Å²) in [5.74, 6) is 0.803. The number of carbonyl (C=O) groups excluding carboxylic acids is 1. The highest BCUT2D eigenvalue weighted by Gasteiger charge is 2.10. The SMILES string of the molecule is CCCNc1ncc(C(=O)Nc2cccc(C)n2)cc1Cl. The summed E-state index contributed by atoms with van der Waals surface area (Å²) in [6.45, 7) is 4.70. The quantitative estimate of drug-likeness (QED) is 0.887. The van der Waals surface area contributed by atoms with E-state index in [2.05, 4.69) is 27.5 Å². The molecular weight excluding hydrogens is 288 g/mol. The lowest BCUT2D eigenvalue weighted by Crippen LogP contribution is -2.14. The van der Waals surface area contributed by atoms with Crippen LogP contribution in [-0.2, 0) is 0 Å². The first-order valence-corrected chi connectivity index (χ1v) is 7.12. The van der Waals surface area contributed by atoms with E-state index in [-0.39, 0.29) is 5.91 Å². The summed E-state index contributed by atoms with van der Waals surface area (Å²) in [7, 11) is 0. The van der Waals surface area contributed by atoms with Gasteiger partial charge in [0.2, 0.25) is 0 Å². The Morgan fingerprint density at radius 3 is 2.86 bits per heavy atom. The largest absolute Gasteiger partial charge is 0.369 e. The fourth-order valence-corrected chi connectivity index (χ4v) is 1.97. The number of hydrogen-bond acceptors (Lipinski definition) is 4. The van der Waals surface area contributed by atoms with Crippen LogP contribution in [0.5, 0.6) is 0 Å². The lowest BCUT2D eigenvalue weighted by Gasteiger charge is -2.08. The van der Waals surface area contributed by atoms with Crippen LogP contribution in [0.3, 0.4) is 0 Å². The molecule has 0 aliphatic rings. The molecule has 5 nitrogen and oxygen atoms in total. The normalized spacial score (nSPS) is 10.2. The number of amides is 1. The van der Waals surface area contributed by atoms with Crippen molar-refractivity contribution in [2.75, 3.05) is 17.2 Å². The number of carbonyl (C=O) groups is 1. The Balaban J connectivity index is 2.11. The molecule has 2 heterocycles. The Morgan fingerprint density at radius 1 is 1.38 bits per heavy atom. The highest BCUT2D eigenvalue weighted by molar-refractivity contribution is 6.33. The highest BCUT2D eigenvalue weighted by atomic mass is 35.5. The van der Waals surface area contributed by atoms with Gasteiger partial charge in [0.05, 0.1) is 10.6 Å². The van der Waals surface area contributed by atoms with Gasteiger partial charge in [-0.3, -0.25) is 4.79 Å². The van der Waals surface area contributed by atoms with Crippen molar-refractivity contribution in [1.82, 2.24) is 9.97 Å². The summed E-state index contributed by atoms with van der Waals surface area (Å²) < 4.78 is 0. The molecule has 0 saturated heterocycles. The molecule has 0 unspecified atom stereocenters. The van der Waals surface area contributed by atoms with Crippen molar-refractivity contribution in [1.29, 1.82) is 0 Å². The van der Waals surface area contributed by atoms with Crippen molar-refractivity contribution in [2.45, 2.75) is 20.3 Å². The van der Waals surface area contributed by atoms with Crippen LogP contribution < -0.4 is 10.6 Å². The van der Waals surface area contributed by atoms with Gasteiger partial charge < -0.3 is 10.6 Å². The second-order valence-corrected chi connectivity index (χ2v) is 5.01. The summed E-state index contributed by atoms with van der Waals surface area (Å²) in [6.07, 6.45) is 2.47. The van der Waals surface area contributed by atoms with E-state index < -0.39 is 0 Å². The summed E-state index contributed by atoms with van der Waals surface area (Å²) in [5, 5.41) is 6.24. The molecule has 0 atom stereocenters. The van der Waals surface area contributed by atoms with Crippen LogP contribution in [-0.4, -0.2) is 22.4 Å². The van der Waals surface area contributed by atoms with E-state index >= 15 is 0 Å². The van der Waals surface area contributed by atoms with Gasteiger partial charge in [-0.05, 0) is 31.5 Å². The van der Waals surface area contributed by atoms with E-state index in [0.29, 0.717) is 22.2 Å². The van der Waals surface area contributed by atoms with Crippen molar-refractivity contribution < 1.29 is 4.79 Å². The molecule has 0 fully saturated rings. The number of nitrogens with one attached hydrogen (secondary N) is 2. The number of rotatable bonds is 5. The molecule has 0 bridgehead atoms. The zero-order valence-electron chi connectivity index (χ0n) is 12.0. The van der Waals surface area contributed by atoms with Crippen LogP contribution in [0.2, 0.25) is 5.02 Å². The van der Waals surface area contributed by atoms with Crippen LogP contribution in [0.4, 0.5) is 11.6 Å². The summed E-state index contributed by atoms with van der Waals surface area (Å²) in [4.78, 5) is 20.5. The van der Waals surface area contributed by atoms with Gasteiger partial charge in [-0.1, -0.05) is 24.6 Å². The molecule has 2 aromatic rings. The molecule has 6 heteroatoms. The van der Waals surface area contributed by atoms with Crippen LogP contribution in [0.1, 0.15) is 29.4 Å². The topological polar surface area (TPSA) is 66.9 Å². The Hall–Kier alpha value is -2.14. The van der Waals surface area contributed by atoms with E-state index in [0.717, 1.165) is 18.7 Å². The number of pyridine rings is 2. The Labute approximate surface area is 128 Å². The molecule has 2 aromatic heterocycles. The second kappa shape index (κ2) is 7.04. The van der Waals surface area contributed by atoms with Gasteiger partial charge in [-0.25, -0.2) is 9.97 Å².